The number of benzene rings is 2. The van der Waals surface area contributed by atoms with Crippen molar-refractivity contribution in [3.8, 4) is 0 Å². The van der Waals surface area contributed by atoms with Gasteiger partial charge in [0.1, 0.15) is 0 Å². The van der Waals surface area contributed by atoms with Crippen molar-refractivity contribution < 1.29 is 0 Å². The lowest BCUT2D eigenvalue weighted by molar-refractivity contribution is 0.157. The third kappa shape index (κ3) is 5.81. The first-order valence-electron chi connectivity index (χ1n) is 9.16. The van der Waals surface area contributed by atoms with Gasteiger partial charge in [-0.15, -0.1) is 0 Å². The minimum absolute atomic E-state index is 0.392. The molecule has 0 atom stereocenters. The van der Waals surface area contributed by atoms with Crippen LogP contribution in [-0.2, 0) is 6.54 Å². The summed E-state index contributed by atoms with van der Waals surface area (Å²) >= 11 is 3.59. The maximum Gasteiger partial charge on any atom is 0.0240 e. The van der Waals surface area contributed by atoms with E-state index in [1.54, 1.807) is 0 Å². The molecule has 0 bridgehead atoms. The van der Waals surface area contributed by atoms with E-state index in [0.717, 1.165) is 30.4 Å². The Bertz CT molecular complexity index is 675. The van der Waals surface area contributed by atoms with Gasteiger partial charge in [-0.25, -0.2) is 0 Å². The summed E-state index contributed by atoms with van der Waals surface area (Å²) in [5.74, 6) is 0. The van der Waals surface area contributed by atoms with E-state index in [4.69, 9.17) is 5.73 Å². The number of nitrogens with two attached hydrogens (primary N) is 1. The molecule has 3 rings (SSSR count). The monoisotopic (exact) mass is 398 g/mol. The highest BCUT2D eigenvalue weighted by atomic mass is 79.9. The molecule has 3 heteroatoms. The average Bonchev–Trinajstić information content (AvgIpc) is 2.63. The SMILES string of the molecule is NC1CCC(N(CC=Cc2ccccc2)Cc2cccc(Br)c2)CC1. The molecule has 132 valence electrons. The molecule has 0 unspecified atom stereocenters. The van der Waals surface area contributed by atoms with Gasteiger partial charge in [0.15, 0.2) is 0 Å². The smallest absolute Gasteiger partial charge is 0.0240 e. The summed E-state index contributed by atoms with van der Waals surface area (Å²) in [6.07, 6.45) is 9.21. The van der Waals surface area contributed by atoms with Gasteiger partial charge < -0.3 is 5.73 Å². The molecule has 2 N–H and O–H groups in total. The molecule has 0 saturated heterocycles. The number of hydrogen-bond donors (Lipinski definition) is 1. The van der Waals surface area contributed by atoms with Crippen LogP contribution in [0.3, 0.4) is 0 Å². The van der Waals surface area contributed by atoms with Crippen LogP contribution in [0.4, 0.5) is 0 Å². The fourth-order valence-corrected chi connectivity index (χ4v) is 4.01. The molecule has 1 aliphatic rings. The highest BCUT2D eigenvalue weighted by molar-refractivity contribution is 9.10. The molecule has 25 heavy (non-hydrogen) atoms. The average molecular weight is 399 g/mol. The summed E-state index contributed by atoms with van der Waals surface area (Å²) in [7, 11) is 0. The van der Waals surface area contributed by atoms with Crippen LogP contribution in [0.2, 0.25) is 0 Å². The van der Waals surface area contributed by atoms with Crippen molar-refractivity contribution in [1.29, 1.82) is 0 Å². The minimum atomic E-state index is 0.392. The summed E-state index contributed by atoms with van der Waals surface area (Å²) in [5, 5.41) is 0. The fourth-order valence-electron chi connectivity index (χ4n) is 3.57. The molecule has 0 spiro atoms. The molecule has 2 aromatic rings. The molecule has 0 aliphatic heterocycles. The minimum Gasteiger partial charge on any atom is -0.328 e. The third-order valence-electron chi connectivity index (χ3n) is 4.98. The van der Waals surface area contributed by atoms with E-state index in [1.807, 2.05) is 0 Å². The van der Waals surface area contributed by atoms with Gasteiger partial charge in [0, 0.05) is 29.6 Å². The second-order valence-corrected chi connectivity index (χ2v) is 7.86. The van der Waals surface area contributed by atoms with E-state index >= 15 is 0 Å². The van der Waals surface area contributed by atoms with Gasteiger partial charge in [0.05, 0.1) is 0 Å². The Morgan fingerprint density at radius 3 is 2.48 bits per heavy atom. The highest BCUT2D eigenvalue weighted by Crippen LogP contribution is 2.24. The summed E-state index contributed by atoms with van der Waals surface area (Å²) < 4.78 is 1.15. The van der Waals surface area contributed by atoms with E-state index in [1.165, 1.54) is 24.0 Å². The Morgan fingerprint density at radius 1 is 1.00 bits per heavy atom. The van der Waals surface area contributed by atoms with Crippen LogP contribution in [0.15, 0.2) is 65.1 Å². The normalized spacial score (nSPS) is 21.1. The summed E-state index contributed by atoms with van der Waals surface area (Å²) in [4.78, 5) is 2.60. The molecule has 0 amide bonds. The molecule has 1 saturated carbocycles. The van der Waals surface area contributed by atoms with E-state index in [0.29, 0.717) is 12.1 Å². The number of halogens is 1. The molecular formula is C22H27BrN2. The summed E-state index contributed by atoms with van der Waals surface area (Å²) in [5.41, 5.74) is 8.73. The van der Waals surface area contributed by atoms with Crippen LogP contribution in [0.5, 0.6) is 0 Å². The molecular weight excluding hydrogens is 372 g/mol. The van der Waals surface area contributed by atoms with Crippen LogP contribution >= 0.6 is 15.9 Å². The predicted octanol–water partition coefficient (Wildman–Crippen LogP) is 5.23. The number of nitrogens with zero attached hydrogens (tertiary/aromatic N) is 1. The Balaban J connectivity index is 1.68. The van der Waals surface area contributed by atoms with Gasteiger partial charge in [0.2, 0.25) is 0 Å². The Kier molecular flexibility index (Phi) is 6.85. The van der Waals surface area contributed by atoms with Crippen molar-refractivity contribution >= 4 is 22.0 Å². The first-order valence-corrected chi connectivity index (χ1v) is 9.95. The van der Waals surface area contributed by atoms with Crippen LogP contribution in [0, 0.1) is 0 Å². The first kappa shape index (κ1) is 18.4. The first-order chi connectivity index (χ1) is 12.2. The summed E-state index contributed by atoms with van der Waals surface area (Å²) in [6.45, 7) is 1.96. The predicted molar refractivity (Wildman–Crippen MR) is 110 cm³/mol. The van der Waals surface area contributed by atoms with Crippen molar-refractivity contribution in [1.82, 2.24) is 4.90 Å². The van der Waals surface area contributed by atoms with Crippen LogP contribution in [-0.4, -0.2) is 23.5 Å². The quantitative estimate of drug-likeness (QED) is 0.720. The summed E-state index contributed by atoms with van der Waals surface area (Å²) in [6, 6.07) is 20.2. The van der Waals surface area contributed by atoms with Crippen molar-refractivity contribution in [2.45, 2.75) is 44.3 Å². The van der Waals surface area contributed by atoms with E-state index < -0.39 is 0 Å². The topological polar surface area (TPSA) is 29.3 Å². The lowest BCUT2D eigenvalue weighted by atomic mass is 9.90. The van der Waals surface area contributed by atoms with E-state index in [-0.39, 0.29) is 0 Å². The fraction of sp³-hybridized carbons (Fsp3) is 0.364. The van der Waals surface area contributed by atoms with E-state index in [9.17, 15) is 0 Å². The zero-order valence-electron chi connectivity index (χ0n) is 14.7. The maximum absolute atomic E-state index is 6.11. The van der Waals surface area contributed by atoms with Crippen molar-refractivity contribution in [2.75, 3.05) is 6.54 Å². The van der Waals surface area contributed by atoms with Crippen LogP contribution in [0.1, 0.15) is 36.8 Å². The highest BCUT2D eigenvalue weighted by Gasteiger charge is 2.23. The van der Waals surface area contributed by atoms with Crippen molar-refractivity contribution in [2.24, 2.45) is 5.73 Å². The molecule has 1 aliphatic carbocycles. The molecule has 2 aromatic carbocycles. The van der Waals surface area contributed by atoms with Gasteiger partial charge in [0.25, 0.3) is 0 Å². The molecule has 1 fully saturated rings. The molecule has 0 radical (unpaired) electrons. The van der Waals surface area contributed by atoms with Gasteiger partial charge in [-0.2, -0.15) is 0 Å². The molecule has 2 nitrogen and oxygen atoms in total. The lowest BCUT2D eigenvalue weighted by Gasteiger charge is -2.35. The molecule has 0 heterocycles. The Labute approximate surface area is 159 Å². The van der Waals surface area contributed by atoms with Gasteiger partial charge in [-0.05, 0) is 48.9 Å². The standard InChI is InChI=1S/C22H27BrN2/c23-20-10-4-8-19(16-20)17-25(22-13-11-21(24)12-14-22)15-5-9-18-6-2-1-3-7-18/h1-10,16,21-22H,11-15,17,24H2. The van der Waals surface area contributed by atoms with Crippen molar-refractivity contribution in [3.63, 3.8) is 0 Å². The van der Waals surface area contributed by atoms with Crippen LogP contribution < -0.4 is 5.73 Å². The Morgan fingerprint density at radius 2 is 1.76 bits per heavy atom. The maximum atomic E-state index is 6.11. The third-order valence-corrected chi connectivity index (χ3v) is 5.48. The van der Waals surface area contributed by atoms with E-state index in [2.05, 4.69) is 87.6 Å². The Hall–Kier alpha value is -1.42. The van der Waals surface area contributed by atoms with Gasteiger partial charge in [-0.1, -0.05) is 70.5 Å². The second-order valence-electron chi connectivity index (χ2n) is 6.94. The zero-order valence-corrected chi connectivity index (χ0v) is 16.2. The van der Waals surface area contributed by atoms with Crippen molar-refractivity contribution in [3.05, 3.63) is 76.3 Å². The van der Waals surface area contributed by atoms with Gasteiger partial charge >= 0.3 is 0 Å². The zero-order chi connectivity index (χ0) is 17.5. The largest absolute Gasteiger partial charge is 0.328 e. The molecule has 0 aromatic heterocycles. The lowest BCUT2D eigenvalue weighted by Crippen LogP contribution is -2.40. The number of hydrogen-bond acceptors (Lipinski definition) is 2. The van der Waals surface area contributed by atoms with Crippen LogP contribution in [0.25, 0.3) is 6.08 Å². The number of rotatable bonds is 6. The van der Waals surface area contributed by atoms with Gasteiger partial charge in [-0.3, -0.25) is 4.90 Å². The second kappa shape index (κ2) is 9.33.